The number of fused-ring (bicyclic) bond motifs is 10. The van der Waals surface area contributed by atoms with E-state index in [2.05, 4.69) is 128 Å². The molecule has 12 rings (SSSR count). The van der Waals surface area contributed by atoms with Gasteiger partial charge in [-0.25, -0.2) is 0 Å². The van der Waals surface area contributed by atoms with Gasteiger partial charge in [0.25, 0.3) is 0 Å². The first-order valence-corrected chi connectivity index (χ1v) is 19.1. The van der Waals surface area contributed by atoms with E-state index in [1.165, 1.54) is 9.79 Å². The molecule has 0 bridgehead atoms. The topological polar surface area (TPSA) is 76.1 Å². The summed E-state index contributed by atoms with van der Waals surface area (Å²) >= 11 is 1.79. The largest absolute Gasteiger partial charge is 0.453 e. The third kappa shape index (κ3) is 4.50. The first-order valence-electron chi connectivity index (χ1n) is 18.3. The molecule has 0 saturated carbocycles. The summed E-state index contributed by atoms with van der Waals surface area (Å²) in [6.07, 6.45) is 0. The molecule has 0 unspecified atom stereocenters. The molecular weight excluding hydrogens is 713 g/mol. The number of rotatable bonds is 4. The van der Waals surface area contributed by atoms with E-state index in [4.69, 9.17) is 25.1 Å². The van der Waals surface area contributed by atoms with Gasteiger partial charge < -0.3 is 14.5 Å². The lowest BCUT2D eigenvalue weighted by Gasteiger charge is -2.38. The van der Waals surface area contributed by atoms with Gasteiger partial charge in [0.05, 0.1) is 45.2 Å². The maximum atomic E-state index is 6.56. The van der Waals surface area contributed by atoms with Gasteiger partial charge >= 0.3 is 0 Å². The highest BCUT2D eigenvalue weighted by Gasteiger charge is 2.34. The molecule has 0 N–H and O–H groups in total. The van der Waals surface area contributed by atoms with Gasteiger partial charge in [0.1, 0.15) is 0 Å². The SMILES string of the molecule is c1ccc(-c2nnc3c4nnc(-c5ccccc5)n4c4cc(N5c6ccccc6Sc6ccccc65)c(N5c6ccccc6Oc6ccccc65)cc4n23)cc1. The molecule has 2 aliphatic rings. The molecule has 0 atom stereocenters. The lowest BCUT2D eigenvalue weighted by Crippen LogP contribution is -2.21. The third-order valence-electron chi connectivity index (χ3n) is 10.5. The second kappa shape index (κ2) is 12.0. The summed E-state index contributed by atoms with van der Waals surface area (Å²) in [5.41, 5.74) is 10.8. The first kappa shape index (κ1) is 31.0. The lowest BCUT2D eigenvalue weighted by molar-refractivity contribution is 0.477. The zero-order valence-corrected chi connectivity index (χ0v) is 30.4. The Kier molecular flexibility index (Phi) is 6.66. The van der Waals surface area contributed by atoms with Crippen molar-refractivity contribution in [3.05, 3.63) is 170 Å². The number of anilines is 6. The van der Waals surface area contributed by atoms with Gasteiger partial charge in [-0.2, -0.15) is 0 Å². The van der Waals surface area contributed by atoms with Crippen LogP contribution >= 0.6 is 11.8 Å². The van der Waals surface area contributed by atoms with Gasteiger partial charge in [-0.1, -0.05) is 121 Å². The number of nitrogens with zero attached hydrogens (tertiary/aromatic N) is 8. The van der Waals surface area contributed by atoms with E-state index in [9.17, 15) is 0 Å². The number of hydrogen-bond donors (Lipinski definition) is 0. The van der Waals surface area contributed by atoms with Crippen LogP contribution in [0.4, 0.5) is 34.1 Å². The fourth-order valence-corrected chi connectivity index (χ4v) is 9.12. The van der Waals surface area contributed by atoms with E-state index in [1.54, 1.807) is 11.8 Å². The van der Waals surface area contributed by atoms with E-state index in [1.807, 2.05) is 60.7 Å². The van der Waals surface area contributed by atoms with Crippen LogP contribution in [0.3, 0.4) is 0 Å². The summed E-state index contributed by atoms with van der Waals surface area (Å²) in [5, 5.41) is 19.3. The van der Waals surface area contributed by atoms with Gasteiger partial charge in [0.15, 0.2) is 23.1 Å². The highest BCUT2D eigenvalue weighted by atomic mass is 32.2. The summed E-state index contributed by atoms with van der Waals surface area (Å²) < 4.78 is 10.8. The van der Waals surface area contributed by atoms with Gasteiger partial charge in [0, 0.05) is 20.9 Å². The van der Waals surface area contributed by atoms with Crippen LogP contribution in [0.15, 0.2) is 180 Å². The molecule has 0 amide bonds. The highest BCUT2D eigenvalue weighted by molar-refractivity contribution is 7.99. The van der Waals surface area contributed by atoms with Crippen molar-refractivity contribution in [3.63, 3.8) is 0 Å². The van der Waals surface area contributed by atoms with Crippen molar-refractivity contribution in [1.82, 2.24) is 29.2 Å². The number of ether oxygens (including phenoxy) is 1. The minimum atomic E-state index is 0.609. The van der Waals surface area contributed by atoms with Crippen LogP contribution in [-0.4, -0.2) is 29.2 Å². The standard InChI is InChI=1S/C46H28N8OS/c1-3-15-29(16-4-1)43-47-49-45-46-50-48-44(30-17-5-2-6-18-30)54(46)38-28-36(52-33-21-9-13-25-41(33)56-42-26-14-10-22-34(42)52)35(27-37(38)53(43)45)51-31-19-7-11-23-39(31)55-40-24-12-8-20-32(40)51/h1-28H. The molecule has 10 aromatic rings. The average Bonchev–Trinajstić information content (AvgIpc) is 3.91. The molecule has 0 spiro atoms. The molecular formula is C46H28N8OS. The molecule has 0 aliphatic carbocycles. The Bertz CT molecular complexity index is 2880. The van der Waals surface area contributed by atoms with Crippen LogP contribution < -0.4 is 14.5 Å². The summed E-state index contributed by atoms with van der Waals surface area (Å²) in [5.74, 6) is 2.97. The zero-order chi connectivity index (χ0) is 36.7. The zero-order valence-electron chi connectivity index (χ0n) is 29.6. The van der Waals surface area contributed by atoms with Crippen molar-refractivity contribution in [3.8, 4) is 34.3 Å². The monoisotopic (exact) mass is 740 g/mol. The molecule has 10 heteroatoms. The fourth-order valence-electron chi connectivity index (χ4n) is 8.06. The molecule has 56 heavy (non-hydrogen) atoms. The smallest absolute Gasteiger partial charge is 0.207 e. The van der Waals surface area contributed by atoms with Crippen LogP contribution in [-0.2, 0) is 0 Å². The summed E-state index contributed by atoms with van der Waals surface area (Å²) in [6.45, 7) is 0. The maximum Gasteiger partial charge on any atom is 0.207 e. The van der Waals surface area contributed by atoms with Crippen molar-refractivity contribution < 1.29 is 4.74 Å². The Morgan fingerprint density at radius 1 is 0.375 bits per heavy atom. The Morgan fingerprint density at radius 2 is 0.768 bits per heavy atom. The van der Waals surface area contributed by atoms with Crippen LogP contribution in [0.25, 0.3) is 45.1 Å². The summed E-state index contributed by atoms with van der Waals surface area (Å²) in [4.78, 5) is 7.05. The molecule has 264 valence electrons. The molecule has 5 heterocycles. The summed E-state index contributed by atoms with van der Waals surface area (Å²) in [7, 11) is 0. The first-order chi connectivity index (χ1) is 27.8. The van der Waals surface area contributed by atoms with Gasteiger partial charge in [-0.15, -0.1) is 20.4 Å². The van der Waals surface area contributed by atoms with Crippen molar-refractivity contribution in [2.75, 3.05) is 9.80 Å². The van der Waals surface area contributed by atoms with Crippen molar-refractivity contribution in [1.29, 1.82) is 0 Å². The van der Waals surface area contributed by atoms with Gasteiger partial charge in [0.2, 0.25) is 11.3 Å². The quantitative estimate of drug-likeness (QED) is 0.177. The van der Waals surface area contributed by atoms with Gasteiger partial charge in [-0.05, 0) is 60.7 Å². The van der Waals surface area contributed by atoms with Crippen LogP contribution in [0.1, 0.15) is 0 Å². The van der Waals surface area contributed by atoms with Crippen molar-refractivity contribution >= 4 is 68.2 Å². The predicted molar refractivity (Wildman–Crippen MR) is 221 cm³/mol. The van der Waals surface area contributed by atoms with E-state index in [0.29, 0.717) is 22.9 Å². The van der Waals surface area contributed by atoms with Crippen LogP contribution in [0, 0.1) is 0 Å². The van der Waals surface area contributed by atoms with E-state index >= 15 is 0 Å². The lowest BCUT2D eigenvalue weighted by atomic mass is 10.1. The Balaban J connectivity index is 1.28. The predicted octanol–water partition coefficient (Wildman–Crippen LogP) is 11.8. The van der Waals surface area contributed by atoms with Gasteiger partial charge in [-0.3, -0.25) is 8.80 Å². The molecule has 2 aliphatic heterocycles. The van der Waals surface area contributed by atoms with E-state index in [-0.39, 0.29) is 0 Å². The molecule has 9 nitrogen and oxygen atoms in total. The number of para-hydroxylation sites is 6. The normalized spacial score (nSPS) is 13.0. The molecule has 0 radical (unpaired) electrons. The Labute approximate surface area is 324 Å². The van der Waals surface area contributed by atoms with E-state index in [0.717, 1.165) is 67.8 Å². The van der Waals surface area contributed by atoms with Crippen LogP contribution in [0.2, 0.25) is 0 Å². The summed E-state index contributed by atoms with van der Waals surface area (Å²) in [6, 6.07) is 58.6. The van der Waals surface area contributed by atoms with Crippen LogP contribution in [0.5, 0.6) is 11.5 Å². The Hall–Kier alpha value is -7.43. The Morgan fingerprint density at radius 3 is 1.25 bits per heavy atom. The number of benzene rings is 7. The molecule has 0 saturated heterocycles. The molecule has 7 aromatic carbocycles. The second-order valence-electron chi connectivity index (χ2n) is 13.7. The maximum absolute atomic E-state index is 6.56. The number of hydrogen-bond acceptors (Lipinski definition) is 8. The second-order valence-corrected chi connectivity index (χ2v) is 14.8. The van der Waals surface area contributed by atoms with Crippen molar-refractivity contribution in [2.24, 2.45) is 0 Å². The minimum absolute atomic E-state index is 0.609. The highest BCUT2D eigenvalue weighted by Crippen LogP contribution is 2.58. The van der Waals surface area contributed by atoms with E-state index < -0.39 is 0 Å². The third-order valence-corrected chi connectivity index (χ3v) is 11.6. The number of aromatic nitrogens is 6. The molecule has 0 fully saturated rings. The molecule has 3 aromatic heterocycles. The average molecular weight is 741 g/mol. The fraction of sp³-hybridized carbons (Fsp3) is 0. The minimum Gasteiger partial charge on any atom is -0.453 e. The van der Waals surface area contributed by atoms with Crippen molar-refractivity contribution in [2.45, 2.75) is 9.79 Å².